The summed E-state index contributed by atoms with van der Waals surface area (Å²) in [6.07, 6.45) is 1.83. The third-order valence-corrected chi connectivity index (χ3v) is 5.93. The van der Waals surface area contributed by atoms with Gasteiger partial charge in [0.05, 0.1) is 25.3 Å². The zero-order valence-electron chi connectivity index (χ0n) is 21.7. The standard InChI is InChI=1S/C30H31N3O5/c1-4-37-28(34)19-33(3)18-21-8-13-24(14-9-21)31-23-11-6-20(7-12-23)16-26-25-15-10-22(30(36)38-5-2)17-27(25)32-29(26)35/h6-17,31H,4-5,18-19H2,1-3H3,(H,32,35). The molecule has 3 aromatic carbocycles. The summed E-state index contributed by atoms with van der Waals surface area (Å²) in [7, 11) is 1.88. The van der Waals surface area contributed by atoms with Gasteiger partial charge >= 0.3 is 11.9 Å². The van der Waals surface area contributed by atoms with E-state index < -0.39 is 5.97 Å². The first-order chi connectivity index (χ1) is 18.4. The van der Waals surface area contributed by atoms with E-state index in [-0.39, 0.29) is 18.4 Å². The van der Waals surface area contributed by atoms with Gasteiger partial charge in [-0.05, 0) is 74.5 Å². The number of rotatable bonds is 10. The number of ether oxygens (including phenoxy) is 2. The lowest BCUT2D eigenvalue weighted by molar-refractivity contribution is -0.144. The van der Waals surface area contributed by atoms with Gasteiger partial charge in [0.1, 0.15) is 0 Å². The zero-order chi connectivity index (χ0) is 27.1. The number of nitrogens with one attached hydrogen (secondary N) is 2. The van der Waals surface area contributed by atoms with Crippen LogP contribution in [-0.4, -0.2) is 49.6 Å². The average molecular weight is 514 g/mol. The third kappa shape index (κ3) is 6.66. The lowest BCUT2D eigenvalue weighted by atomic mass is 10.0. The maximum absolute atomic E-state index is 12.6. The van der Waals surface area contributed by atoms with Crippen molar-refractivity contribution in [3.05, 3.63) is 89.0 Å². The minimum absolute atomic E-state index is 0.212. The number of carbonyl (C=O) groups is 3. The molecule has 0 bridgehead atoms. The highest BCUT2D eigenvalue weighted by molar-refractivity contribution is 6.35. The van der Waals surface area contributed by atoms with Crippen LogP contribution in [0.3, 0.4) is 0 Å². The highest BCUT2D eigenvalue weighted by Gasteiger charge is 2.25. The van der Waals surface area contributed by atoms with E-state index in [0.717, 1.165) is 28.1 Å². The van der Waals surface area contributed by atoms with Crippen LogP contribution in [0.2, 0.25) is 0 Å². The number of likely N-dealkylation sites (N-methyl/N-ethyl adjacent to an activating group) is 1. The molecule has 196 valence electrons. The van der Waals surface area contributed by atoms with E-state index in [1.54, 1.807) is 32.0 Å². The first-order valence-electron chi connectivity index (χ1n) is 12.5. The van der Waals surface area contributed by atoms with Crippen LogP contribution in [0, 0.1) is 0 Å². The largest absolute Gasteiger partial charge is 0.465 e. The van der Waals surface area contributed by atoms with Gasteiger partial charge in [-0.1, -0.05) is 30.3 Å². The van der Waals surface area contributed by atoms with Gasteiger partial charge in [0.2, 0.25) is 0 Å². The molecule has 0 radical (unpaired) electrons. The molecule has 0 saturated carbocycles. The minimum Gasteiger partial charge on any atom is -0.465 e. The summed E-state index contributed by atoms with van der Waals surface area (Å²) in [5.74, 6) is -0.856. The van der Waals surface area contributed by atoms with Crippen LogP contribution in [0.5, 0.6) is 0 Å². The smallest absolute Gasteiger partial charge is 0.338 e. The molecule has 3 aromatic rings. The van der Waals surface area contributed by atoms with E-state index >= 15 is 0 Å². The Morgan fingerprint density at radius 1 is 0.921 bits per heavy atom. The fraction of sp³-hybridized carbons (Fsp3) is 0.233. The van der Waals surface area contributed by atoms with Crippen molar-refractivity contribution >= 4 is 46.6 Å². The number of hydrogen-bond donors (Lipinski definition) is 2. The molecular weight excluding hydrogens is 482 g/mol. The molecule has 8 heteroatoms. The lowest BCUT2D eigenvalue weighted by Crippen LogP contribution is -2.26. The Morgan fingerprint density at radius 2 is 1.58 bits per heavy atom. The van der Waals surface area contributed by atoms with Gasteiger partial charge in [0, 0.05) is 34.7 Å². The van der Waals surface area contributed by atoms with E-state index in [4.69, 9.17) is 9.47 Å². The van der Waals surface area contributed by atoms with Crippen LogP contribution in [0.4, 0.5) is 17.1 Å². The van der Waals surface area contributed by atoms with Crippen LogP contribution in [0.15, 0.2) is 66.7 Å². The maximum atomic E-state index is 12.6. The van der Waals surface area contributed by atoms with Gasteiger partial charge in [0.15, 0.2) is 0 Å². The van der Waals surface area contributed by atoms with Gasteiger partial charge in [-0.25, -0.2) is 4.79 Å². The quantitative estimate of drug-likeness (QED) is 0.288. The highest BCUT2D eigenvalue weighted by Crippen LogP contribution is 2.34. The van der Waals surface area contributed by atoms with Crippen LogP contribution in [-0.2, 0) is 25.6 Å². The number of nitrogens with zero attached hydrogens (tertiary/aromatic N) is 1. The van der Waals surface area contributed by atoms with Crippen molar-refractivity contribution in [2.75, 3.05) is 37.4 Å². The molecule has 0 saturated heterocycles. The summed E-state index contributed by atoms with van der Waals surface area (Å²) in [4.78, 5) is 38.1. The summed E-state index contributed by atoms with van der Waals surface area (Å²) in [6, 6.07) is 20.9. The van der Waals surface area contributed by atoms with E-state index in [0.29, 0.717) is 36.6 Å². The zero-order valence-corrected chi connectivity index (χ0v) is 21.7. The van der Waals surface area contributed by atoms with Crippen molar-refractivity contribution in [2.24, 2.45) is 0 Å². The predicted octanol–water partition coefficient (Wildman–Crippen LogP) is 5.09. The van der Waals surface area contributed by atoms with Gasteiger partial charge in [0.25, 0.3) is 5.91 Å². The Balaban J connectivity index is 1.39. The summed E-state index contributed by atoms with van der Waals surface area (Å²) in [5.41, 5.74) is 6.11. The molecule has 0 fully saturated rings. The lowest BCUT2D eigenvalue weighted by Gasteiger charge is -2.16. The molecule has 38 heavy (non-hydrogen) atoms. The van der Waals surface area contributed by atoms with E-state index in [1.807, 2.05) is 66.6 Å². The number of benzene rings is 3. The van der Waals surface area contributed by atoms with Gasteiger partial charge < -0.3 is 20.1 Å². The molecule has 1 amide bonds. The van der Waals surface area contributed by atoms with E-state index in [2.05, 4.69) is 10.6 Å². The van der Waals surface area contributed by atoms with Crippen LogP contribution < -0.4 is 10.6 Å². The summed E-state index contributed by atoms with van der Waals surface area (Å²) < 4.78 is 10.0. The molecule has 8 nitrogen and oxygen atoms in total. The van der Waals surface area contributed by atoms with Crippen molar-refractivity contribution in [1.29, 1.82) is 0 Å². The van der Waals surface area contributed by atoms with E-state index in [9.17, 15) is 14.4 Å². The van der Waals surface area contributed by atoms with Crippen molar-refractivity contribution in [3.63, 3.8) is 0 Å². The minimum atomic E-state index is -0.416. The molecule has 1 aliphatic rings. The molecule has 0 atom stereocenters. The SMILES string of the molecule is CCOC(=O)CN(C)Cc1ccc(Nc2ccc(C=C3C(=O)Nc4cc(C(=O)OCC)ccc43)cc2)cc1. The predicted molar refractivity (Wildman–Crippen MR) is 148 cm³/mol. The molecule has 1 heterocycles. The Labute approximate surface area is 222 Å². The average Bonchev–Trinajstić information content (AvgIpc) is 3.20. The molecule has 4 rings (SSSR count). The number of esters is 2. The molecule has 1 aliphatic heterocycles. The monoisotopic (exact) mass is 513 g/mol. The number of carbonyl (C=O) groups excluding carboxylic acids is 3. The first-order valence-corrected chi connectivity index (χ1v) is 12.5. The summed E-state index contributed by atoms with van der Waals surface area (Å²) in [5, 5.41) is 6.20. The Kier molecular flexibility index (Phi) is 8.55. The third-order valence-electron chi connectivity index (χ3n) is 5.93. The van der Waals surface area contributed by atoms with Gasteiger partial charge in [-0.15, -0.1) is 0 Å². The number of fused-ring (bicyclic) bond motifs is 1. The molecule has 0 aliphatic carbocycles. The fourth-order valence-corrected chi connectivity index (χ4v) is 4.16. The Hall–Kier alpha value is -4.43. The topological polar surface area (TPSA) is 97.0 Å². The fourth-order valence-electron chi connectivity index (χ4n) is 4.16. The Morgan fingerprint density at radius 3 is 2.24 bits per heavy atom. The van der Waals surface area contributed by atoms with E-state index in [1.165, 1.54) is 0 Å². The molecular formula is C30H31N3O5. The number of anilines is 3. The van der Waals surface area contributed by atoms with Gasteiger partial charge in [-0.2, -0.15) is 0 Å². The first kappa shape index (κ1) is 26.6. The molecule has 2 N–H and O–H groups in total. The van der Waals surface area contributed by atoms with Crippen LogP contribution in [0.1, 0.15) is 40.9 Å². The molecule has 0 unspecified atom stereocenters. The second-order valence-corrected chi connectivity index (χ2v) is 8.91. The second-order valence-electron chi connectivity index (χ2n) is 8.91. The number of hydrogen-bond acceptors (Lipinski definition) is 7. The normalized spacial score (nSPS) is 13.3. The maximum Gasteiger partial charge on any atom is 0.338 e. The summed E-state index contributed by atoms with van der Waals surface area (Å²) in [6.45, 7) is 5.11. The molecule has 0 aromatic heterocycles. The van der Waals surface area contributed by atoms with Crippen molar-refractivity contribution in [1.82, 2.24) is 4.90 Å². The molecule has 0 spiro atoms. The van der Waals surface area contributed by atoms with Gasteiger partial charge in [-0.3, -0.25) is 14.5 Å². The van der Waals surface area contributed by atoms with Crippen molar-refractivity contribution in [3.8, 4) is 0 Å². The van der Waals surface area contributed by atoms with Crippen molar-refractivity contribution in [2.45, 2.75) is 20.4 Å². The summed E-state index contributed by atoms with van der Waals surface area (Å²) >= 11 is 0. The highest BCUT2D eigenvalue weighted by atomic mass is 16.5. The van der Waals surface area contributed by atoms with Crippen LogP contribution in [0.25, 0.3) is 11.6 Å². The second kappa shape index (κ2) is 12.2. The van der Waals surface area contributed by atoms with Crippen LogP contribution >= 0.6 is 0 Å². The number of amides is 1. The Bertz CT molecular complexity index is 1350. The van der Waals surface area contributed by atoms with Crippen molar-refractivity contribution < 1.29 is 23.9 Å².